The summed E-state index contributed by atoms with van der Waals surface area (Å²) in [5.41, 5.74) is 11.2. The van der Waals surface area contributed by atoms with E-state index in [4.69, 9.17) is 4.99 Å². The number of thioether (sulfide) groups is 1. The van der Waals surface area contributed by atoms with Crippen LogP contribution in [0.1, 0.15) is 36.1 Å². The third-order valence-electron chi connectivity index (χ3n) is 9.30. The van der Waals surface area contributed by atoms with E-state index < -0.39 is 0 Å². The lowest BCUT2D eigenvalue weighted by molar-refractivity contribution is 0.639. The van der Waals surface area contributed by atoms with Gasteiger partial charge in [0.25, 0.3) is 0 Å². The summed E-state index contributed by atoms with van der Waals surface area (Å²) in [6, 6.07) is 37.1. The van der Waals surface area contributed by atoms with Gasteiger partial charge in [0.2, 0.25) is 0 Å². The quantitative estimate of drug-likeness (QED) is 0.228. The number of nitrogens with zero attached hydrogens (tertiary/aromatic N) is 2. The number of benzene rings is 4. The average molecular weight is 586 g/mol. The molecule has 0 amide bonds. The third kappa shape index (κ3) is 4.16. The summed E-state index contributed by atoms with van der Waals surface area (Å²) in [5.74, 6) is 0.405. The Kier molecular flexibility index (Phi) is 6.09. The van der Waals surface area contributed by atoms with Crippen molar-refractivity contribution in [1.29, 1.82) is 0 Å². The molecule has 1 N–H and O–H groups in total. The molecule has 0 spiro atoms. The molecule has 0 saturated heterocycles. The fourth-order valence-electron chi connectivity index (χ4n) is 7.12. The van der Waals surface area contributed by atoms with Gasteiger partial charge in [0.1, 0.15) is 6.17 Å². The largest absolute Gasteiger partial charge is 0.354 e. The van der Waals surface area contributed by atoms with Crippen molar-refractivity contribution in [2.45, 2.75) is 30.2 Å². The number of hydrogen-bond donors (Lipinski definition) is 1. The molecule has 0 fully saturated rings. The minimum atomic E-state index is -0.140. The predicted octanol–water partition coefficient (Wildman–Crippen LogP) is 9.71. The summed E-state index contributed by atoms with van der Waals surface area (Å²) in [6.07, 6.45) is 15.7. The normalized spacial score (nSPS) is 22.4. The van der Waals surface area contributed by atoms with Crippen molar-refractivity contribution in [3.05, 3.63) is 172 Å². The molecule has 3 heterocycles. The molecule has 0 saturated carbocycles. The number of allylic oxidation sites excluding steroid dienone is 8. The first-order valence-electron chi connectivity index (χ1n) is 15.5. The molecule has 5 aromatic rings. The molecule has 4 aromatic carbocycles. The second-order valence-electron chi connectivity index (χ2n) is 11.9. The zero-order valence-electron chi connectivity index (χ0n) is 24.2. The Hall–Kier alpha value is -4.80. The second kappa shape index (κ2) is 10.4. The van der Waals surface area contributed by atoms with Gasteiger partial charge in [0.15, 0.2) is 0 Å². The van der Waals surface area contributed by atoms with Gasteiger partial charge in [-0.1, -0.05) is 127 Å². The molecular weight excluding hydrogens is 555 g/mol. The summed E-state index contributed by atoms with van der Waals surface area (Å²) in [6.45, 7) is 0. The summed E-state index contributed by atoms with van der Waals surface area (Å²) in [7, 11) is 0. The number of fused-ring (bicyclic) bond motifs is 5. The molecule has 44 heavy (non-hydrogen) atoms. The molecule has 1 aromatic heterocycles. The minimum Gasteiger partial charge on any atom is -0.354 e. The summed E-state index contributed by atoms with van der Waals surface area (Å²) >= 11 is 1.96. The maximum Gasteiger partial charge on any atom is 0.145 e. The number of hydrogen-bond acceptors (Lipinski definition) is 3. The predicted molar refractivity (Wildman–Crippen MR) is 185 cm³/mol. The Morgan fingerprint density at radius 3 is 2.20 bits per heavy atom. The van der Waals surface area contributed by atoms with Crippen molar-refractivity contribution in [2.24, 2.45) is 4.99 Å². The van der Waals surface area contributed by atoms with E-state index in [1.54, 1.807) is 0 Å². The molecule has 4 heteroatoms. The maximum absolute atomic E-state index is 5.44. The highest BCUT2D eigenvalue weighted by molar-refractivity contribution is 8.04. The third-order valence-corrected chi connectivity index (χ3v) is 10.6. The first kappa shape index (κ1) is 25.7. The first-order chi connectivity index (χ1) is 21.8. The Labute approximate surface area is 261 Å². The summed E-state index contributed by atoms with van der Waals surface area (Å²) in [4.78, 5) is 5.44. The molecule has 3 unspecified atom stereocenters. The number of para-hydroxylation sites is 2. The molecule has 3 nitrogen and oxygen atoms in total. The molecule has 2 aliphatic heterocycles. The minimum absolute atomic E-state index is 0.140. The van der Waals surface area contributed by atoms with Crippen molar-refractivity contribution in [2.75, 3.05) is 0 Å². The van der Waals surface area contributed by atoms with Gasteiger partial charge in [0.05, 0.1) is 21.8 Å². The van der Waals surface area contributed by atoms with Crippen LogP contribution in [0.5, 0.6) is 0 Å². The van der Waals surface area contributed by atoms with E-state index in [0.29, 0.717) is 11.2 Å². The summed E-state index contributed by atoms with van der Waals surface area (Å²) in [5, 5.41) is 8.10. The van der Waals surface area contributed by atoms with E-state index in [9.17, 15) is 0 Å². The Morgan fingerprint density at radius 1 is 0.750 bits per heavy atom. The Morgan fingerprint density at radius 2 is 1.48 bits per heavy atom. The second-order valence-corrected chi connectivity index (χ2v) is 13.1. The van der Waals surface area contributed by atoms with Crippen LogP contribution in [0.4, 0.5) is 0 Å². The van der Waals surface area contributed by atoms with Gasteiger partial charge in [0, 0.05) is 33.2 Å². The van der Waals surface area contributed by atoms with Crippen molar-refractivity contribution in [1.82, 2.24) is 9.88 Å². The van der Waals surface area contributed by atoms with Gasteiger partial charge < -0.3 is 9.88 Å². The van der Waals surface area contributed by atoms with Gasteiger partial charge in [-0.05, 0) is 59.4 Å². The number of rotatable bonds is 4. The van der Waals surface area contributed by atoms with Crippen LogP contribution in [-0.2, 0) is 0 Å². The van der Waals surface area contributed by atoms with Gasteiger partial charge >= 0.3 is 0 Å². The zero-order valence-corrected chi connectivity index (χ0v) is 25.0. The van der Waals surface area contributed by atoms with Gasteiger partial charge in [-0.15, -0.1) is 0 Å². The Balaban J connectivity index is 1.09. The molecule has 0 radical (unpaired) electrons. The number of nitrogens with one attached hydrogen (secondary N) is 1. The van der Waals surface area contributed by atoms with Crippen LogP contribution >= 0.6 is 11.8 Å². The number of aliphatic imine (C=N–C) groups is 1. The molecule has 9 rings (SSSR count). The van der Waals surface area contributed by atoms with Crippen LogP contribution < -0.4 is 5.32 Å². The lowest BCUT2D eigenvalue weighted by atomic mass is 9.85. The van der Waals surface area contributed by atoms with Crippen LogP contribution in [0.15, 0.2) is 166 Å². The topological polar surface area (TPSA) is 29.3 Å². The maximum atomic E-state index is 5.44. The highest BCUT2D eigenvalue weighted by atomic mass is 32.2. The van der Waals surface area contributed by atoms with E-state index in [-0.39, 0.29) is 6.17 Å². The van der Waals surface area contributed by atoms with Crippen LogP contribution in [-0.4, -0.2) is 15.5 Å². The van der Waals surface area contributed by atoms with Crippen molar-refractivity contribution in [3.8, 4) is 5.69 Å². The smallest absolute Gasteiger partial charge is 0.145 e. The van der Waals surface area contributed by atoms with Gasteiger partial charge in [-0.25, -0.2) is 0 Å². The van der Waals surface area contributed by atoms with E-state index in [1.165, 1.54) is 54.7 Å². The monoisotopic (exact) mass is 585 g/mol. The zero-order chi connectivity index (χ0) is 29.0. The molecule has 4 aliphatic rings. The fraction of sp³-hybridized carbons (Fsp3) is 0.125. The van der Waals surface area contributed by atoms with E-state index in [2.05, 4.69) is 149 Å². The molecular formula is C40H31N3S. The first-order valence-corrected chi connectivity index (χ1v) is 16.3. The van der Waals surface area contributed by atoms with Crippen LogP contribution in [0.3, 0.4) is 0 Å². The number of aromatic nitrogens is 1. The molecule has 0 bridgehead atoms. The lowest BCUT2D eigenvalue weighted by Gasteiger charge is -2.27. The SMILES string of the molecule is C1=CCC2SC3=C(C2=C1)C(C1=CCC(c2ccccc2)C=C1)=NC(c1ccc(-n2c4ccccc4c4ccccc42)cc1)N3. The van der Waals surface area contributed by atoms with Gasteiger partial charge in [-0.3, -0.25) is 4.99 Å². The highest BCUT2D eigenvalue weighted by Crippen LogP contribution is 2.48. The van der Waals surface area contributed by atoms with Crippen molar-refractivity contribution < 1.29 is 0 Å². The standard InChI is InChI=1S/C40H31N3S/c1-2-10-26(11-3-1)27-18-20-28(21-19-27)38-37-33-14-6-9-17-36(33)44-40(37)42-39(41-38)29-22-24-30(25-23-29)43-34-15-7-4-12-31(34)32-13-5-8-16-35(32)43/h1-16,18,20-25,27,36,39,42H,17,19H2. The highest BCUT2D eigenvalue weighted by Gasteiger charge is 2.38. The van der Waals surface area contributed by atoms with Crippen molar-refractivity contribution in [3.63, 3.8) is 0 Å². The average Bonchev–Trinajstić information content (AvgIpc) is 3.64. The molecule has 3 atom stereocenters. The van der Waals surface area contributed by atoms with Crippen molar-refractivity contribution >= 4 is 39.3 Å². The molecule has 212 valence electrons. The Bertz CT molecular complexity index is 2070. The van der Waals surface area contributed by atoms with E-state index in [1.807, 2.05) is 11.8 Å². The molecule has 2 aliphatic carbocycles. The lowest BCUT2D eigenvalue weighted by Crippen LogP contribution is -2.27. The van der Waals surface area contributed by atoms with Gasteiger partial charge in [-0.2, -0.15) is 0 Å². The van der Waals surface area contributed by atoms with E-state index >= 15 is 0 Å². The fourth-order valence-corrected chi connectivity index (χ4v) is 8.45. The van der Waals surface area contributed by atoms with Crippen LogP contribution in [0, 0.1) is 0 Å². The summed E-state index contributed by atoms with van der Waals surface area (Å²) < 4.78 is 2.37. The van der Waals surface area contributed by atoms with Crippen LogP contribution in [0.25, 0.3) is 27.5 Å². The van der Waals surface area contributed by atoms with E-state index in [0.717, 1.165) is 24.2 Å². The van der Waals surface area contributed by atoms with Crippen LogP contribution in [0.2, 0.25) is 0 Å².